The van der Waals surface area contributed by atoms with Crippen LogP contribution in [0.15, 0.2) is 12.7 Å². The van der Waals surface area contributed by atoms with E-state index in [0.717, 1.165) is 6.08 Å². The second-order valence-corrected chi connectivity index (χ2v) is 2.21. The number of halogens is 1. The number of esters is 2. The van der Waals surface area contributed by atoms with Gasteiger partial charge in [-0.25, -0.2) is 9.59 Å². The van der Waals surface area contributed by atoms with Crippen molar-refractivity contribution in [2.24, 2.45) is 5.73 Å². The van der Waals surface area contributed by atoms with E-state index in [1.54, 1.807) is 0 Å². The summed E-state index contributed by atoms with van der Waals surface area (Å²) in [6.45, 7) is 4.41. The van der Waals surface area contributed by atoms with Crippen molar-refractivity contribution in [2.75, 3.05) is 0 Å². The van der Waals surface area contributed by atoms with Gasteiger partial charge in [0.2, 0.25) is 0 Å². The molecule has 76 valence electrons. The maximum absolute atomic E-state index is 10.8. The van der Waals surface area contributed by atoms with E-state index in [9.17, 15) is 9.59 Å². The lowest BCUT2D eigenvalue weighted by atomic mass is 10.2. The highest BCUT2D eigenvalue weighted by atomic mass is 35.5. The van der Waals surface area contributed by atoms with Gasteiger partial charge in [-0.3, -0.25) is 0 Å². The molecule has 0 aromatic carbocycles. The molecule has 0 saturated heterocycles. The van der Waals surface area contributed by atoms with Gasteiger partial charge in [0.05, 0.1) is 6.10 Å². The van der Waals surface area contributed by atoms with Crippen LogP contribution < -0.4 is 5.73 Å². The molecule has 13 heavy (non-hydrogen) atoms. The number of hydrogen-bond acceptors (Lipinski definition) is 5. The third-order valence-electron chi connectivity index (χ3n) is 1.16. The van der Waals surface area contributed by atoms with E-state index in [-0.39, 0.29) is 12.4 Å². The second kappa shape index (κ2) is 6.59. The van der Waals surface area contributed by atoms with Gasteiger partial charge in [0, 0.05) is 6.08 Å². The monoisotopic (exact) mass is 209 g/mol. The topological polar surface area (TPSA) is 89.6 Å². The van der Waals surface area contributed by atoms with Crippen LogP contribution in [0.4, 0.5) is 0 Å². The third kappa shape index (κ3) is 5.35. The van der Waals surface area contributed by atoms with Crippen molar-refractivity contribution < 1.29 is 19.4 Å². The first-order valence-corrected chi connectivity index (χ1v) is 3.30. The minimum Gasteiger partial charge on any atom is -0.391 e. The van der Waals surface area contributed by atoms with Crippen LogP contribution in [0.2, 0.25) is 0 Å². The fraction of sp³-hybridized carbons (Fsp3) is 0.429. The molecule has 0 spiro atoms. The van der Waals surface area contributed by atoms with Crippen molar-refractivity contribution in [3.8, 4) is 0 Å². The number of ether oxygens (including phenoxy) is 1. The predicted molar refractivity (Wildman–Crippen MR) is 48.2 cm³/mol. The van der Waals surface area contributed by atoms with Crippen LogP contribution in [0.3, 0.4) is 0 Å². The van der Waals surface area contributed by atoms with E-state index in [1.165, 1.54) is 6.92 Å². The van der Waals surface area contributed by atoms with Crippen molar-refractivity contribution in [3.05, 3.63) is 12.7 Å². The van der Waals surface area contributed by atoms with E-state index >= 15 is 0 Å². The molecule has 0 fully saturated rings. The molecule has 0 rings (SSSR count). The van der Waals surface area contributed by atoms with Crippen LogP contribution in [-0.2, 0) is 14.3 Å². The molecule has 0 aliphatic rings. The summed E-state index contributed by atoms with van der Waals surface area (Å²) in [5.74, 6) is -1.84. The first-order valence-electron chi connectivity index (χ1n) is 3.30. The van der Waals surface area contributed by atoms with Crippen LogP contribution in [0, 0.1) is 0 Å². The Bertz CT molecular complexity index is 205. The lowest BCUT2D eigenvalue weighted by Gasteiger charge is -2.11. The summed E-state index contributed by atoms with van der Waals surface area (Å²) in [7, 11) is 0. The molecule has 0 aromatic rings. The molecule has 0 unspecified atom stereocenters. The minimum absolute atomic E-state index is 0. The van der Waals surface area contributed by atoms with Crippen LogP contribution in [0.1, 0.15) is 6.92 Å². The summed E-state index contributed by atoms with van der Waals surface area (Å²) < 4.78 is 4.14. The van der Waals surface area contributed by atoms with E-state index in [2.05, 4.69) is 11.3 Å². The number of rotatable bonds is 3. The van der Waals surface area contributed by atoms with Crippen molar-refractivity contribution in [3.63, 3.8) is 0 Å². The predicted octanol–water partition coefficient (Wildman–Crippen LogP) is -0.628. The van der Waals surface area contributed by atoms with E-state index in [1.807, 2.05) is 0 Å². The number of hydrogen-bond donors (Lipinski definition) is 2. The standard InChI is InChI=1S/C7H11NO4.ClH/c1-3-5(10)12-7(11)6(8)4(2)9;/h3-4,6,9H,1,8H2,2H3;1H/t4-,6+;/m1./s1. The first-order chi connectivity index (χ1) is 5.49. The Morgan fingerprint density at radius 3 is 2.38 bits per heavy atom. The van der Waals surface area contributed by atoms with Gasteiger partial charge in [0.15, 0.2) is 0 Å². The fourth-order valence-electron chi connectivity index (χ4n) is 0.406. The smallest absolute Gasteiger partial charge is 0.337 e. The van der Waals surface area contributed by atoms with Gasteiger partial charge in [-0.1, -0.05) is 6.58 Å². The quantitative estimate of drug-likeness (QED) is 0.367. The zero-order valence-electron chi connectivity index (χ0n) is 7.10. The molecule has 5 nitrogen and oxygen atoms in total. The van der Waals surface area contributed by atoms with Crippen LogP contribution >= 0.6 is 12.4 Å². The van der Waals surface area contributed by atoms with Gasteiger partial charge >= 0.3 is 11.9 Å². The number of aliphatic hydroxyl groups is 1. The van der Waals surface area contributed by atoms with E-state index < -0.39 is 24.1 Å². The van der Waals surface area contributed by atoms with Crippen molar-refractivity contribution in [1.82, 2.24) is 0 Å². The molecule has 2 atom stereocenters. The highest BCUT2D eigenvalue weighted by molar-refractivity contribution is 5.93. The van der Waals surface area contributed by atoms with Crippen LogP contribution in [-0.4, -0.2) is 29.2 Å². The summed E-state index contributed by atoms with van der Waals surface area (Å²) in [6.07, 6.45) is -0.206. The maximum atomic E-state index is 10.8. The third-order valence-corrected chi connectivity index (χ3v) is 1.16. The van der Waals surface area contributed by atoms with Gasteiger partial charge in [-0.15, -0.1) is 12.4 Å². The lowest BCUT2D eigenvalue weighted by Crippen LogP contribution is -2.42. The first kappa shape index (κ1) is 14.6. The molecular weight excluding hydrogens is 198 g/mol. The normalized spacial score (nSPS) is 13.5. The highest BCUT2D eigenvalue weighted by Crippen LogP contribution is 1.93. The second-order valence-electron chi connectivity index (χ2n) is 2.21. The number of carbonyl (C=O) groups excluding carboxylic acids is 2. The molecule has 0 aliphatic heterocycles. The Morgan fingerprint density at radius 1 is 1.62 bits per heavy atom. The Kier molecular flexibility index (Phi) is 7.40. The molecule has 3 N–H and O–H groups in total. The Hall–Kier alpha value is -0.910. The lowest BCUT2D eigenvalue weighted by molar-refractivity contribution is -0.158. The van der Waals surface area contributed by atoms with Crippen LogP contribution in [0.5, 0.6) is 0 Å². The highest BCUT2D eigenvalue weighted by Gasteiger charge is 2.21. The molecule has 0 saturated carbocycles. The maximum Gasteiger partial charge on any atom is 0.337 e. The molecular formula is C7H12ClNO4. The number of nitrogens with two attached hydrogens (primary N) is 1. The van der Waals surface area contributed by atoms with Gasteiger partial charge in [0.1, 0.15) is 6.04 Å². The Labute approximate surface area is 82.0 Å². The summed E-state index contributed by atoms with van der Waals surface area (Å²) in [5.41, 5.74) is 5.15. The number of carbonyl (C=O) groups is 2. The fourth-order valence-corrected chi connectivity index (χ4v) is 0.406. The average Bonchev–Trinajstić information content (AvgIpc) is 2.02. The summed E-state index contributed by atoms with van der Waals surface area (Å²) in [4.78, 5) is 21.2. The molecule has 0 amide bonds. The van der Waals surface area contributed by atoms with Crippen molar-refractivity contribution >= 4 is 24.3 Å². The minimum atomic E-state index is -1.20. The van der Waals surface area contributed by atoms with Gasteiger partial charge < -0.3 is 15.6 Å². The molecule has 0 heterocycles. The SMILES string of the molecule is C=CC(=O)OC(=O)[C@@H](N)[C@@H](C)O.Cl. The molecule has 0 bridgehead atoms. The molecule has 0 aliphatic carbocycles. The summed E-state index contributed by atoms with van der Waals surface area (Å²) in [6, 6.07) is -1.20. The van der Waals surface area contributed by atoms with Crippen LogP contribution in [0.25, 0.3) is 0 Å². The van der Waals surface area contributed by atoms with Crippen molar-refractivity contribution in [2.45, 2.75) is 19.1 Å². The zero-order chi connectivity index (χ0) is 9.72. The van der Waals surface area contributed by atoms with Gasteiger partial charge in [-0.05, 0) is 6.92 Å². The van der Waals surface area contributed by atoms with Gasteiger partial charge in [-0.2, -0.15) is 0 Å². The zero-order valence-corrected chi connectivity index (χ0v) is 7.91. The Morgan fingerprint density at radius 2 is 2.08 bits per heavy atom. The van der Waals surface area contributed by atoms with E-state index in [0.29, 0.717) is 0 Å². The van der Waals surface area contributed by atoms with Crippen molar-refractivity contribution in [1.29, 1.82) is 0 Å². The van der Waals surface area contributed by atoms with E-state index in [4.69, 9.17) is 10.8 Å². The number of aliphatic hydroxyl groups excluding tert-OH is 1. The molecule has 0 radical (unpaired) electrons. The van der Waals surface area contributed by atoms with Gasteiger partial charge in [0.25, 0.3) is 0 Å². The Balaban J connectivity index is 0. The molecule has 0 aromatic heterocycles. The summed E-state index contributed by atoms with van der Waals surface area (Å²) in [5, 5.41) is 8.81. The largest absolute Gasteiger partial charge is 0.391 e. The average molecular weight is 210 g/mol. The summed E-state index contributed by atoms with van der Waals surface area (Å²) >= 11 is 0. The molecule has 6 heteroatoms.